The van der Waals surface area contributed by atoms with Gasteiger partial charge in [0, 0.05) is 11.3 Å². The van der Waals surface area contributed by atoms with Crippen molar-refractivity contribution in [2.45, 2.75) is 69.7 Å². The minimum atomic E-state index is -0.893. The number of thioether (sulfide) groups is 1. The lowest BCUT2D eigenvalue weighted by Gasteiger charge is -2.35. The number of rotatable bonds is 3. The molecule has 5 heteroatoms. The molecule has 1 aliphatic heterocycles. The van der Waals surface area contributed by atoms with Crippen LogP contribution < -0.4 is 0 Å². The van der Waals surface area contributed by atoms with Crippen molar-refractivity contribution in [3.8, 4) is 0 Å². The molecule has 1 N–H and O–H groups in total. The Morgan fingerprint density at radius 2 is 1.69 bits per heavy atom. The normalized spacial score (nSPS) is 24.7. The molecule has 2 aliphatic rings. The molecule has 26 heavy (non-hydrogen) atoms. The molecule has 1 saturated carbocycles. The third-order valence-electron chi connectivity index (χ3n) is 5.61. The van der Waals surface area contributed by atoms with Crippen molar-refractivity contribution in [3.63, 3.8) is 0 Å². The van der Waals surface area contributed by atoms with Gasteiger partial charge in [-0.25, -0.2) is 4.79 Å². The molecule has 2 atom stereocenters. The maximum atomic E-state index is 13.2. The van der Waals surface area contributed by atoms with E-state index in [1.165, 1.54) is 24.8 Å². The zero-order valence-corrected chi connectivity index (χ0v) is 16.7. The Morgan fingerprint density at radius 1 is 1.08 bits per heavy atom. The molecule has 4 nitrogen and oxygen atoms in total. The second-order valence-electron chi connectivity index (χ2n) is 8.52. The van der Waals surface area contributed by atoms with E-state index < -0.39 is 12.0 Å². The van der Waals surface area contributed by atoms with Gasteiger partial charge >= 0.3 is 5.97 Å². The van der Waals surface area contributed by atoms with Gasteiger partial charge in [0.25, 0.3) is 5.91 Å². The molecule has 0 spiro atoms. The number of aliphatic carboxylic acids is 1. The fourth-order valence-corrected chi connectivity index (χ4v) is 5.65. The summed E-state index contributed by atoms with van der Waals surface area (Å²) in [6.07, 6.45) is 5.80. The second-order valence-corrected chi connectivity index (χ2v) is 9.67. The molecule has 1 aromatic carbocycles. The Labute approximate surface area is 160 Å². The third-order valence-corrected chi connectivity index (χ3v) is 7.07. The number of nitrogens with zero attached hydrogens (tertiary/aromatic N) is 1. The van der Waals surface area contributed by atoms with Gasteiger partial charge in [0.1, 0.15) is 6.04 Å². The van der Waals surface area contributed by atoms with Crippen LogP contribution in [0.15, 0.2) is 24.3 Å². The number of carbonyl (C=O) groups excluding carboxylic acids is 1. The predicted octanol–water partition coefficient (Wildman–Crippen LogP) is 4.53. The van der Waals surface area contributed by atoms with Crippen molar-refractivity contribution in [2.24, 2.45) is 5.92 Å². The van der Waals surface area contributed by atoms with Gasteiger partial charge in [0.05, 0.1) is 5.37 Å². The van der Waals surface area contributed by atoms with Gasteiger partial charge in [-0.2, -0.15) is 0 Å². The molecular weight excluding hydrogens is 346 g/mol. The summed E-state index contributed by atoms with van der Waals surface area (Å²) in [7, 11) is 0. The standard InChI is InChI=1S/C21H29NO3S/c1-21(2,3)16-11-9-14(10-12-16)18(23)22-17(20(24)25)13-26-19(22)15-7-5-4-6-8-15/h9-12,15,17,19H,4-8,13H2,1-3H3,(H,24,25)/t17-,19+/m1/s1. The number of benzene rings is 1. The van der Waals surface area contributed by atoms with Crippen molar-refractivity contribution in [1.82, 2.24) is 4.90 Å². The molecule has 0 bridgehead atoms. The SMILES string of the molecule is CC(C)(C)c1ccc(C(=O)N2[C@@H](C(=O)O)CS[C@H]2C2CCCCC2)cc1. The summed E-state index contributed by atoms with van der Waals surface area (Å²) in [5.41, 5.74) is 1.79. The van der Waals surface area contributed by atoms with Gasteiger partial charge in [-0.1, -0.05) is 52.2 Å². The summed E-state index contributed by atoms with van der Waals surface area (Å²) in [6, 6.07) is 6.96. The summed E-state index contributed by atoms with van der Waals surface area (Å²) in [6.45, 7) is 6.42. The smallest absolute Gasteiger partial charge is 0.327 e. The van der Waals surface area contributed by atoms with Gasteiger partial charge in [-0.05, 0) is 41.9 Å². The summed E-state index contributed by atoms with van der Waals surface area (Å²) in [5, 5.41) is 9.63. The van der Waals surface area contributed by atoms with E-state index in [9.17, 15) is 14.7 Å². The van der Waals surface area contributed by atoms with Crippen LogP contribution >= 0.6 is 11.8 Å². The minimum absolute atomic E-state index is 0.00815. The van der Waals surface area contributed by atoms with E-state index in [1.54, 1.807) is 16.7 Å². The molecule has 3 rings (SSSR count). The highest BCUT2D eigenvalue weighted by Crippen LogP contribution is 2.41. The molecule has 1 heterocycles. The Kier molecular flexibility index (Phi) is 5.66. The number of carboxylic acid groups (broad SMARTS) is 1. The zero-order chi connectivity index (χ0) is 18.9. The Morgan fingerprint density at radius 3 is 2.23 bits per heavy atom. The molecule has 142 valence electrons. The molecule has 1 aliphatic carbocycles. The Bertz CT molecular complexity index is 659. The maximum Gasteiger partial charge on any atom is 0.327 e. The van der Waals surface area contributed by atoms with E-state index in [2.05, 4.69) is 20.8 Å². The quantitative estimate of drug-likeness (QED) is 0.843. The number of hydrogen-bond acceptors (Lipinski definition) is 3. The highest BCUT2D eigenvalue weighted by Gasteiger charge is 2.45. The fraction of sp³-hybridized carbons (Fsp3) is 0.619. The molecule has 2 fully saturated rings. The first-order valence-electron chi connectivity index (χ1n) is 9.56. The van der Waals surface area contributed by atoms with Gasteiger partial charge < -0.3 is 10.0 Å². The summed E-state index contributed by atoms with van der Waals surface area (Å²) in [5.74, 6) is -0.132. The first-order chi connectivity index (χ1) is 12.3. The topological polar surface area (TPSA) is 57.6 Å². The molecular formula is C21H29NO3S. The number of amides is 1. The van der Waals surface area contributed by atoms with E-state index in [0.717, 1.165) is 12.8 Å². The van der Waals surface area contributed by atoms with Crippen molar-refractivity contribution in [2.75, 3.05) is 5.75 Å². The highest BCUT2D eigenvalue weighted by atomic mass is 32.2. The van der Waals surface area contributed by atoms with Gasteiger partial charge in [0.15, 0.2) is 0 Å². The average molecular weight is 376 g/mol. The van der Waals surface area contributed by atoms with Crippen LogP contribution in [0.4, 0.5) is 0 Å². The lowest BCUT2D eigenvalue weighted by Crippen LogP contribution is -2.48. The van der Waals surface area contributed by atoms with Crippen molar-refractivity contribution in [1.29, 1.82) is 0 Å². The van der Waals surface area contributed by atoms with Gasteiger partial charge in [0.2, 0.25) is 0 Å². The Hall–Kier alpha value is -1.49. The summed E-state index contributed by atoms with van der Waals surface area (Å²) >= 11 is 1.65. The number of carbonyl (C=O) groups is 2. The van der Waals surface area contributed by atoms with Gasteiger partial charge in [-0.3, -0.25) is 4.79 Å². The van der Waals surface area contributed by atoms with Crippen molar-refractivity contribution < 1.29 is 14.7 Å². The van der Waals surface area contributed by atoms with E-state index in [4.69, 9.17) is 0 Å². The maximum absolute atomic E-state index is 13.2. The van der Waals surface area contributed by atoms with Crippen LogP contribution in [0.2, 0.25) is 0 Å². The summed E-state index contributed by atoms with van der Waals surface area (Å²) < 4.78 is 0. The van der Waals surface area contributed by atoms with Crippen LogP contribution in [0.5, 0.6) is 0 Å². The lowest BCUT2D eigenvalue weighted by molar-refractivity contribution is -0.141. The van der Waals surface area contributed by atoms with Crippen LogP contribution in [-0.4, -0.2) is 39.1 Å². The van der Waals surface area contributed by atoms with Crippen LogP contribution in [0.3, 0.4) is 0 Å². The molecule has 1 saturated heterocycles. The third kappa shape index (κ3) is 3.93. The largest absolute Gasteiger partial charge is 0.480 e. The molecule has 1 aromatic rings. The van der Waals surface area contributed by atoms with E-state index >= 15 is 0 Å². The lowest BCUT2D eigenvalue weighted by atomic mass is 9.86. The fourth-order valence-electron chi connectivity index (χ4n) is 4.02. The van der Waals surface area contributed by atoms with Crippen molar-refractivity contribution >= 4 is 23.6 Å². The van der Waals surface area contributed by atoms with Gasteiger partial charge in [-0.15, -0.1) is 11.8 Å². The van der Waals surface area contributed by atoms with Crippen LogP contribution in [-0.2, 0) is 10.2 Å². The zero-order valence-electron chi connectivity index (χ0n) is 15.9. The van der Waals surface area contributed by atoms with Crippen LogP contribution in [0.25, 0.3) is 0 Å². The second kappa shape index (κ2) is 7.63. The molecule has 0 unspecified atom stereocenters. The van der Waals surface area contributed by atoms with E-state index in [-0.39, 0.29) is 16.7 Å². The average Bonchev–Trinajstić information content (AvgIpc) is 3.06. The van der Waals surface area contributed by atoms with E-state index in [1.807, 2.05) is 24.3 Å². The number of carboxylic acids is 1. The number of hydrogen-bond donors (Lipinski definition) is 1. The first-order valence-corrected chi connectivity index (χ1v) is 10.6. The van der Waals surface area contributed by atoms with Crippen molar-refractivity contribution in [3.05, 3.63) is 35.4 Å². The Balaban J connectivity index is 1.86. The summed E-state index contributed by atoms with van der Waals surface area (Å²) in [4.78, 5) is 26.6. The monoisotopic (exact) mass is 375 g/mol. The molecule has 1 amide bonds. The van der Waals surface area contributed by atoms with Crippen LogP contribution in [0.1, 0.15) is 68.8 Å². The van der Waals surface area contributed by atoms with Crippen LogP contribution in [0, 0.1) is 5.92 Å². The first kappa shape index (κ1) is 19.3. The minimum Gasteiger partial charge on any atom is -0.480 e. The molecule has 0 aromatic heterocycles. The molecule has 0 radical (unpaired) electrons. The predicted molar refractivity (Wildman–Crippen MR) is 106 cm³/mol. The van der Waals surface area contributed by atoms with E-state index in [0.29, 0.717) is 17.2 Å². The highest BCUT2D eigenvalue weighted by molar-refractivity contribution is 8.00.